The summed E-state index contributed by atoms with van der Waals surface area (Å²) in [4.78, 5) is 47.8. The molecule has 0 saturated heterocycles. The Morgan fingerprint density at radius 1 is 1.05 bits per heavy atom. The summed E-state index contributed by atoms with van der Waals surface area (Å²) in [5, 5.41) is 5.51. The molecule has 2 aliphatic rings. The van der Waals surface area contributed by atoms with Gasteiger partial charge >= 0.3 is 12.2 Å². The zero-order valence-electron chi connectivity index (χ0n) is 22.9. The van der Waals surface area contributed by atoms with E-state index in [9.17, 15) is 27.6 Å². The first kappa shape index (κ1) is 28.8. The molecule has 0 bridgehead atoms. The van der Waals surface area contributed by atoms with Crippen molar-refractivity contribution < 1.29 is 27.6 Å². The fourth-order valence-electron chi connectivity index (χ4n) is 5.50. The first-order valence-corrected chi connectivity index (χ1v) is 13.7. The average Bonchev–Trinajstić information content (AvgIpc) is 3.32. The highest BCUT2D eigenvalue weighted by Crippen LogP contribution is 2.42. The van der Waals surface area contributed by atoms with Crippen LogP contribution in [0.25, 0.3) is 0 Å². The molecule has 0 saturated carbocycles. The lowest BCUT2D eigenvalue weighted by molar-refractivity contribution is -0.138. The second kappa shape index (κ2) is 12.1. The minimum absolute atomic E-state index is 0.0347. The molecule has 2 atom stereocenters. The number of halogens is 3. The second-order valence-electron chi connectivity index (χ2n) is 10.1. The number of aromatic nitrogens is 1. The predicted octanol–water partition coefficient (Wildman–Crippen LogP) is 4.25. The van der Waals surface area contributed by atoms with Gasteiger partial charge in [-0.2, -0.15) is 13.2 Å². The number of amides is 4. The van der Waals surface area contributed by atoms with E-state index in [1.165, 1.54) is 28.0 Å². The summed E-state index contributed by atoms with van der Waals surface area (Å²) in [5.74, 6) is -0.996. The van der Waals surface area contributed by atoms with Gasteiger partial charge in [0.05, 0.1) is 29.4 Å². The third-order valence-corrected chi connectivity index (χ3v) is 7.50. The molecule has 42 heavy (non-hydrogen) atoms. The van der Waals surface area contributed by atoms with Crippen molar-refractivity contribution in [3.05, 3.63) is 113 Å². The van der Waals surface area contributed by atoms with Crippen LogP contribution in [0.5, 0.6) is 0 Å². The van der Waals surface area contributed by atoms with Crippen LogP contribution in [0.4, 0.5) is 18.0 Å². The lowest BCUT2D eigenvalue weighted by Gasteiger charge is -2.33. The van der Waals surface area contributed by atoms with E-state index in [2.05, 4.69) is 15.6 Å². The molecule has 0 aliphatic carbocycles. The van der Waals surface area contributed by atoms with E-state index < -0.39 is 41.7 Å². The number of carbonyl (C=O) groups excluding carboxylic acids is 3. The van der Waals surface area contributed by atoms with E-state index in [1.54, 1.807) is 19.2 Å². The molecule has 0 radical (unpaired) electrons. The van der Waals surface area contributed by atoms with Gasteiger partial charge in [-0.1, -0.05) is 54.6 Å². The second-order valence-corrected chi connectivity index (χ2v) is 10.1. The quantitative estimate of drug-likeness (QED) is 0.398. The van der Waals surface area contributed by atoms with Crippen molar-refractivity contribution in [1.29, 1.82) is 0 Å². The lowest BCUT2D eigenvalue weighted by Crippen LogP contribution is -2.50. The lowest BCUT2D eigenvalue weighted by atomic mass is 9.91. The van der Waals surface area contributed by atoms with Crippen LogP contribution < -0.4 is 10.6 Å². The van der Waals surface area contributed by atoms with Gasteiger partial charge in [-0.05, 0) is 36.2 Å². The maximum atomic E-state index is 14.1. The molecule has 3 heterocycles. The van der Waals surface area contributed by atoms with Gasteiger partial charge < -0.3 is 15.5 Å². The van der Waals surface area contributed by atoms with Gasteiger partial charge in [0.1, 0.15) is 6.04 Å². The summed E-state index contributed by atoms with van der Waals surface area (Å²) in [6.07, 6.45) is -2.38. The first-order chi connectivity index (χ1) is 20.2. The van der Waals surface area contributed by atoms with Crippen molar-refractivity contribution in [3.63, 3.8) is 0 Å². The number of hydrogen-bond acceptors (Lipinski definition) is 4. The Morgan fingerprint density at radius 3 is 2.45 bits per heavy atom. The maximum Gasteiger partial charge on any atom is 0.416 e. The molecule has 1 aromatic heterocycles. The molecule has 0 spiro atoms. The smallest absolute Gasteiger partial charge is 0.354 e. The molecule has 2 aromatic carbocycles. The molecule has 2 N–H and O–H groups in total. The molecule has 2 aliphatic heterocycles. The molecule has 8 nitrogen and oxygen atoms in total. The minimum Gasteiger partial charge on any atom is -0.354 e. The van der Waals surface area contributed by atoms with Crippen LogP contribution in [0, 0.1) is 0 Å². The minimum atomic E-state index is -4.70. The number of alkyl halides is 3. The molecule has 218 valence electrons. The standard InChI is InChI=1S/C31H30F3N5O3/c1-2-38-25-19-39(29(41)26(25)27(37-30(38)42)22-13-6-7-14-23(22)31(32,33)34)24(18-20-10-4-3-5-11-20)28(40)36-17-15-21-12-8-9-16-35-21/h3-14,16,24,27H,2,15,17-19H2,1H3,(H,36,40)(H,37,42)/t24-,27-/m1/s1. The van der Waals surface area contributed by atoms with Crippen LogP contribution >= 0.6 is 0 Å². The Kier molecular flexibility index (Phi) is 8.28. The number of pyridine rings is 1. The van der Waals surface area contributed by atoms with Gasteiger partial charge in [0.2, 0.25) is 5.91 Å². The molecule has 4 amide bonds. The molecule has 0 fully saturated rings. The van der Waals surface area contributed by atoms with Crippen LogP contribution in [-0.4, -0.2) is 58.3 Å². The number of rotatable bonds is 9. The fraction of sp³-hybridized carbons (Fsp3) is 0.290. The number of nitrogens with one attached hydrogen (secondary N) is 2. The molecule has 5 rings (SSSR count). The third kappa shape index (κ3) is 5.86. The van der Waals surface area contributed by atoms with Crippen LogP contribution in [0.2, 0.25) is 0 Å². The Labute approximate surface area is 241 Å². The average molecular weight is 578 g/mol. The van der Waals surface area contributed by atoms with Crippen LogP contribution in [0.15, 0.2) is 90.3 Å². The van der Waals surface area contributed by atoms with E-state index in [4.69, 9.17) is 0 Å². The first-order valence-electron chi connectivity index (χ1n) is 13.7. The van der Waals surface area contributed by atoms with Crippen molar-refractivity contribution in [1.82, 2.24) is 25.4 Å². The number of hydrogen-bond donors (Lipinski definition) is 2. The van der Waals surface area contributed by atoms with E-state index in [0.29, 0.717) is 12.1 Å². The summed E-state index contributed by atoms with van der Waals surface area (Å²) in [5.41, 5.74) is 0.768. The highest BCUT2D eigenvalue weighted by atomic mass is 19.4. The highest BCUT2D eigenvalue weighted by Gasteiger charge is 2.48. The van der Waals surface area contributed by atoms with Crippen LogP contribution in [0.3, 0.4) is 0 Å². The summed E-state index contributed by atoms with van der Waals surface area (Å²) >= 11 is 0. The van der Waals surface area contributed by atoms with Crippen LogP contribution in [0.1, 0.15) is 35.3 Å². The largest absolute Gasteiger partial charge is 0.416 e. The Bertz CT molecular complexity index is 1490. The Hall–Kier alpha value is -4.67. The van der Waals surface area contributed by atoms with Gasteiger partial charge in [0, 0.05) is 37.8 Å². The van der Waals surface area contributed by atoms with E-state index >= 15 is 0 Å². The van der Waals surface area contributed by atoms with Gasteiger partial charge in [-0.15, -0.1) is 0 Å². The van der Waals surface area contributed by atoms with Crippen molar-refractivity contribution in [3.8, 4) is 0 Å². The van der Waals surface area contributed by atoms with E-state index in [0.717, 1.165) is 17.3 Å². The van der Waals surface area contributed by atoms with Gasteiger partial charge in [0.25, 0.3) is 5.91 Å². The topological polar surface area (TPSA) is 94.6 Å². The molecular formula is C31H30F3N5O3. The number of urea groups is 1. The number of nitrogens with zero attached hydrogens (tertiary/aromatic N) is 3. The fourth-order valence-corrected chi connectivity index (χ4v) is 5.50. The highest BCUT2D eigenvalue weighted by molar-refractivity contribution is 6.03. The summed E-state index contributed by atoms with van der Waals surface area (Å²) in [6, 6.07) is 16.7. The monoisotopic (exact) mass is 577 g/mol. The van der Waals surface area contributed by atoms with E-state index in [1.807, 2.05) is 42.5 Å². The molecule has 11 heteroatoms. The zero-order chi connectivity index (χ0) is 29.9. The third-order valence-electron chi connectivity index (χ3n) is 7.50. The van der Waals surface area contributed by atoms with Gasteiger partial charge in [-0.3, -0.25) is 19.5 Å². The van der Waals surface area contributed by atoms with Crippen molar-refractivity contribution in [2.75, 3.05) is 19.6 Å². The van der Waals surface area contributed by atoms with Crippen LogP contribution in [-0.2, 0) is 28.6 Å². The molecular weight excluding hydrogens is 547 g/mol. The zero-order valence-corrected chi connectivity index (χ0v) is 22.9. The predicted molar refractivity (Wildman–Crippen MR) is 149 cm³/mol. The Balaban J connectivity index is 1.48. The number of likely N-dealkylation sites (N-methyl/N-ethyl adjacent to an activating group) is 1. The summed E-state index contributed by atoms with van der Waals surface area (Å²) in [7, 11) is 0. The van der Waals surface area contributed by atoms with Crippen molar-refractivity contribution in [2.24, 2.45) is 0 Å². The number of benzene rings is 2. The summed E-state index contributed by atoms with van der Waals surface area (Å²) < 4.78 is 42.0. The van der Waals surface area contributed by atoms with Crippen molar-refractivity contribution in [2.45, 2.75) is 38.0 Å². The molecule has 0 unspecified atom stereocenters. The Morgan fingerprint density at radius 2 is 1.76 bits per heavy atom. The molecule has 3 aromatic rings. The normalized spacial score (nSPS) is 17.7. The SMILES string of the molecule is CCN1C(=O)N[C@H](c2ccccc2C(F)(F)F)C2=C1CN([C@H](Cc1ccccc1)C(=O)NCCc1ccccn1)C2=O. The maximum absolute atomic E-state index is 14.1. The van der Waals surface area contributed by atoms with Gasteiger partial charge in [-0.25, -0.2) is 4.79 Å². The van der Waals surface area contributed by atoms with Gasteiger partial charge in [0.15, 0.2) is 0 Å². The van der Waals surface area contributed by atoms with E-state index in [-0.39, 0.29) is 37.2 Å². The van der Waals surface area contributed by atoms with Crippen molar-refractivity contribution >= 4 is 17.8 Å². The number of carbonyl (C=O) groups is 3. The summed E-state index contributed by atoms with van der Waals surface area (Å²) in [6.45, 7) is 2.09.